The molecule has 0 spiro atoms. The molecule has 132 valence electrons. The maximum Gasteiger partial charge on any atom is 0.123 e. The molecule has 1 aromatic carbocycles. The van der Waals surface area contributed by atoms with Crippen LogP contribution in [0.3, 0.4) is 0 Å². The highest BCUT2D eigenvalue weighted by Gasteiger charge is 2.20. The zero-order valence-electron chi connectivity index (χ0n) is 15.0. The molecule has 0 amide bonds. The van der Waals surface area contributed by atoms with Crippen molar-refractivity contribution in [3.05, 3.63) is 23.8 Å². The molecule has 0 radical (unpaired) electrons. The zero-order chi connectivity index (χ0) is 17.3. The first-order chi connectivity index (χ1) is 10.9. The maximum absolute atomic E-state index is 10.0. The number of hydrogen-bond donors (Lipinski definition) is 2. The number of aliphatic hydroxyl groups excluding tert-OH is 1. The van der Waals surface area contributed by atoms with Crippen molar-refractivity contribution in [3.63, 3.8) is 0 Å². The Morgan fingerprint density at radius 3 is 2.57 bits per heavy atom. The van der Waals surface area contributed by atoms with Gasteiger partial charge in [-0.25, -0.2) is 0 Å². The normalized spacial score (nSPS) is 13.0. The molecule has 5 nitrogen and oxygen atoms in total. The molecule has 1 aromatic rings. The minimum atomic E-state index is -0.549. The minimum absolute atomic E-state index is 0.0623. The van der Waals surface area contributed by atoms with Gasteiger partial charge in [-0.1, -0.05) is 20.8 Å². The van der Waals surface area contributed by atoms with E-state index >= 15 is 0 Å². The fourth-order valence-corrected chi connectivity index (χ4v) is 2.20. The van der Waals surface area contributed by atoms with Gasteiger partial charge in [-0.05, 0) is 36.6 Å². The van der Waals surface area contributed by atoms with Gasteiger partial charge in [-0.2, -0.15) is 0 Å². The lowest BCUT2D eigenvalue weighted by Gasteiger charge is -2.24. The number of methoxy groups -OCH3 is 2. The van der Waals surface area contributed by atoms with Crippen molar-refractivity contribution in [2.24, 2.45) is 0 Å². The molecule has 0 unspecified atom stereocenters. The largest absolute Gasteiger partial charge is 0.497 e. The Bertz CT molecular complexity index is 457. The molecule has 5 heteroatoms. The molecular weight excluding hydrogens is 294 g/mol. The fraction of sp³-hybridized carbons (Fsp3) is 0.667. The van der Waals surface area contributed by atoms with E-state index in [9.17, 15) is 5.11 Å². The predicted octanol–water partition coefficient (Wildman–Crippen LogP) is 2.36. The van der Waals surface area contributed by atoms with Crippen molar-refractivity contribution >= 4 is 0 Å². The van der Waals surface area contributed by atoms with Gasteiger partial charge >= 0.3 is 0 Å². The van der Waals surface area contributed by atoms with Gasteiger partial charge in [0.25, 0.3) is 0 Å². The Morgan fingerprint density at radius 2 is 1.96 bits per heavy atom. The van der Waals surface area contributed by atoms with E-state index in [1.54, 1.807) is 14.2 Å². The number of rotatable bonds is 10. The number of hydrogen-bond acceptors (Lipinski definition) is 5. The molecule has 0 aliphatic heterocycles. The minimum Gasteiger partial charge on any atom is -0.497 e. The lowest BCUT2D eigenvalue weighted by Crippen LogP contribution is -2.32. The van der Waals surface area contributed by atoms with Gasteiger partial charge < -0.3 is 24.6 Å². The van der Waals surface area contributed by atoms with E-state index in [1.807, 2.05) is 18.2 Å². The number of nitrogens with one attached hydrogen (secondary N) is 1. The summed E-state index contributed by atoms with van der Waals surface area (Å²) < 4.78 is 16.1. The third-order valence-electron chi connectivity index (χ3n) is 3.51. The quantitative estimate of drug-likeness (QED) is 0.647. The van der Waals surface area contributed by atoms with E-state index in [-0.39, 0.29) is 12.0 Å². The summed E-state index contributed by atoms with van der Waals surface area (Å²) in [5, 5.41) is 13.2. The molecule has 23 heavy (non-hydrogen) atoms. The molecule has 0 aromatic heterocycles. The number of aliphatic hydroxyl groups is 1. The topological polar surface area (TPSA) is 60.0 Å². The zero-order valence-corrected chi connectivity index (χ0v) is 15.0. The molecule has 0 aliphatic carbocycles. The molecule has 0 bridgehead atoms. The highest BCUT2D eigenvalue weighted by atomic mass is 16.5. The second-order valence-electron chi connectivity index (χ2n) is 6.63. The van der Waals surface area contributed by atoms with Crippen LogP contribution in [0.5, 0.6) is 11.5 Å². The van der Waals surface area contributed by atoms with E-state index in [0.717, 1.165) is 36.6 Å². The van der Waals surface area contributed by atoms with Gasteiger partial charge in [0, 0.05) is 25.8 Å². The third-order valence-corrected chi connectivity index (χ3v) is 3.51. The summed E-state index contributed by atoms with van der Waals surface area (Å²) in [6.45, 7) is 8.69. The third kappa shape index (κ3) is 7.20. The first kappa shape index (κ1) is 19.7. The van der Waals surface area contributed by atoms with Crippen LogP contribution in [0.4, 0.5) is 0 Å². The second-order valence-corrected chi connectivity index (χ2v) is 6.63. The Balaban J connectivity index is 2.53. The van der Waals surface area contributed by atoms with Crippen molar-refractivity contribution in [1.82, 2.24) is 5.32 Å². The van der Waals surface area contributed by atoms with Crippen molar-refractivity contribution in [2.45, 2.75) is 38.7 Å². The summed E-state index contributed by atoms with van der Waals surface area (Å²) >= 11 is 0. The van der Waals surface area contributed by atoms with Crippen LogP contribution in [-0.2, 0) is 10.2 Å². The van der Waals surface area contributed by atoms with Crippen molar-refractivity contribution < 1.29 is 19.3 Å². The predicted molar refractivity (Wildman–Crippen MR) is 92.6 cm³/mol. The Kier molecular flexibility index (Phi) is 8.37. The smallest absolute Gasteiger partial charge is 0.123 e. The van der Waals surface area contributed by atoms with Gasteiger partial charge in [0.05, 0.1) is 7.11 Å². The summed E-state index contributed by atoms with van der Waals surface area (Å²) in [6, 6.07) is 5.77. The summed E-state index contributed by atoms with van der Waals surface area (Å²) in [5.74, 6) is 1.60. The van der Waals surface area contributed by atoms with Crippen LogP contribution in [0.1, 0.15) is 32.8 Å². The van der Waals surface area contributed by atoms with Crippen molar-refractivity contribution in [1.29, 1.82) is 0 Å². The van der Waals surface area contributed by atoms with Gasteiger partial charge in [0.1, 0.15) is 24.2 Å². The van der Waals surface area contributed by atoms with Crippen LogP contribution in [0, 0.1) is 0 Å². The van der Waals surface area contributed by atoms with Crippen LogP contribution in [0.25, 0.3) is 0 Å². The molecular formula is C18H31NO4. The Labute approximate surface area is 139 Å². The van der Waals surface area contributed by atoms with E-state index in [2.05, 4.69) is 26.1 Å². The average molecular weight is 325 g/mol. The second kappa shape index (κ2) is 9.75. The summed E-state index contributed by atoms with van der Waals surface area (Å²) in [6.07, 6.45) is 0.379. The van der Waals surface area contributed by atoms with E-state index < -0.39 is 6.10 Å². The standard InChI is InChI=1S/C18H31NO4/c1-18(2,3)16-11-15(22-5)7-8-17(16)23-13-14(20)12-19-9-6-10-21-4/h7-8,11,14,19-20H,6,9-10,12-13H2,1-5H3/t14-/m1/s1. The Morgan fingerprint density at radius 1 is 1.22 bits per heavy atom. The van der Waals surface area contributed by atoms with Gasteiger partial charge in [-0.3, -0.25) is 0 Å². The highest BCUT2D eigenvalue weighted by molar-refractivity contribution is 5.44. The monoisotopic (exact) mass is 325 g/mol. The number of ether oxygens (including phenoxy) is 3. The Hall–Kier alpha value is -1.30. The van der Waals surface area contributed by atoms with Crippen LogP contribution >= 0.6 is 0 Å². The van der Waals surface area contributed by atoms with Gasteiger partial charge in [0.2, 0.25) is 0 Å². The first-order valence-electron chi connectivity index (χ1n) is 8.07. The maximum atomic E-state index is 10.0. The van der Waals surface area contributed by atoms with E-state index in [1.165, 1.54) is 0 Å². The van der Waals surface area contributed by atoms with E-state index in [4.69, 9.17) is 14.2 Å². The van der Waals surface area contributed by atoms with Crippen molar-refractivity contribution in [2.75, 3.05) is 40.5 Å². The fourth-order valence-electron chi connectivity index (χ4n) is 2.20. The van der Waals surface area contributed by atoms with Crippen LogP contribution in [0.15, 0.2) is 18.2 Å². The lowest BCUT2D eigenvalue weighted by atomic mass is 9.86. The van der Waals surface area contributed by atoms with Crippen LogP contribution < -0.4 is 14.8 Å². The first-order valence-corrected chi connectivity index (χ1v) is 8.07. The SMILES string of the molecule is COCCCNC[C@@H](O)COc1ccc(OC)cc1C(C)(C)C. The van der Waals surface area contributed by atoms with Gasteiger partial charge in [-0.15, -0.1) is 0 Å². The van der Waals surface area contributed by atoms with Crippen LogP contribution in [-0.4, -0.2) is 51.7 Å². The van der Waals surface area contributed by atoms with Crippen molar-refractivity contribution in [3.8, 4) is 11.5 Å². The summed E-state index contributed by atoms with van der Waals surface area (Å²) in [4.78, 5) is 0. The molecule has 0 aliphatic rings. The summed E-state index contributed by atoms with van der Waals surface area (Å²) in [5.41, 5.74) is 1.00. The average Bonchev–Trinajstić information content (AvgIpc) is 2.51. The molecule has 2 N–H and O–H groups in total. The molecule has 1 rings (SSSR count). The van der Waals surface area contributed by atoms with Crippen LogP contribution in [0.2, 0.25) is 0 Å². The van der Waals surface area contributed by atoms with E-state index in [0.29, 0.717) is 6.54 Å². The molecule has 1 atom stereocenters. The molecule has 0 heterocycles. The molecule has 0 fully saturated rings. The highest BCUT2D eigenvalue weighted by Crippen LogP contribution is 2.34. The summed E-state index contributed by atoms with van der Waals surface area (Å²) in [7, 11) is 3.34. The number of benzene rings is 1. The molecule has 0 saturated heterocycles. The van der Waals surface area contributed by atoms with Gasteiger partial charge in [0.15, 0.2) is 0 Å². The lowest BCUT2D eigenvalue weighted by molar-refractivity contribution is 0.104. The molecule has 0 saturated carbocycles.